The lowest BCUT2D eigenvalue weighted by atomic mass is 10.1. The van der Waals surface area contributed by atoms with Gasteiger partial charge in [-0.2, -0.15) is 0 Å². The van der Waals surface area contributed by atoms with Crippen LogP contribution in [0.15, 0.2) is 65.5 Å². The zero-order chi connectivity index (χ0) is 22.6. The largest absolute Gasteiger partial charge is 0.478 e. The zero-order valence-corrected chi connectivity index (χ0v) is 19.0. The van der Waals surface area contributed by atoms with Crippen LogP contribution >= 0.6 is 34.3 Å². The number of fused-ring (bicyclic) bond motifs is 3. The molecule has 0 aliphatic heterocycles. The van der Waals surface area contributed by atoms with Crippen molar-refractivity contribution in [2.75, 3.05) is 11.9 Å². The Bertz CT molecular complexity index is 1640. The van der Waals surface area contributed by atoms with Gasteiger partial charge in [-0.15, -0.1) is 22.7 Å². The topological polar surface area (TPSA) is 74.7 Å². The number of benzene rings is 3. The second kappa shape index (κ2) is 7.70. The number of anilines is 1. The summed E-state index contributed by atoms with van der Waals surface area (Å²) in [4.78, 5) is 39.3. The Morgan fingerprint density at radius 2 is 1.62 bits per heavy atom. The first-order valence-corrected chi connectivity index (χ1v) is 11.6. The first-order valence-electron chi connectivity index (χ1n) is 9.54. The van der Waals surface area contributed by atoms with Gasteiger partial charge in [0.05, 0.1) is 10.6 Å². The van der Waals surface area contributed by atoms with Crippen LogP contribution in [0.4, 0.5) is 5.69 Å². The highest BCUT2D eigenvalue weighted by molar-refractivity contribution is 7.24. The van der Waals surface area contributed by atoms with Crippen molar-refractivity contribution in [1.29, 1.82) is 0 Å². The number of carbonyl (C=O) groups is 2. The van der Waals surface area contributed by atoms with Crippen LogP contribution in [0, 0.1) is 0 Å². The standard InChI is InChI=1S/C24H14ClNO4S2/c1-26(23(28)22-20(25)14-8-6-12(24(29)30)10-19(14)32-22)13-7-9-18-16(11-13)21(27)15-4-2-3-5-17(15)31-18/h2-11H,1H3,(H,29,30). The van der Waals surface area contributed by atoms with Crippen molar-refractivity contribution in [1.82, 2.24) is 0 Å². The van der Waals surface area contributed by atoms with Gasteiger partial charge in [-0.25, -0.2) is 4.79 Å². The van der Waals surface area contributed by atoms with Gasteiger partial charge in [0, 0.05) is 43.0 Å². The van der Waals surface area contributed by atoms with Crippen LogP contribution < -0.4 is 10.3 Å². The maximum atomic E-state index is 13.2. The minimum Gasteiger partial charge on any atom is -0.478 e. The number of carbonyl (C=O) groups excluding carboxylic acids is 1. The molecule has 0 radical (unpaired) electrons. The molecule has 0 aliphatic rings. The highest BCUT2D eigenvalue weighted by Gasteiger charge is 2.22. The molecule has 0 saturated carbocycles. The van der Waals surface area contributed by atoms with E-state index in [2.05, 4.69) is 0 Å². The van der Waals surface area contributed by atoms with Crippen molar-refractivity contribution in [3.63, 3.8) is 0 Å². The molecule has 0 bridgehead atoms. The van der Waals surface area contributed by atoms with Gasteiger partial charge in [0.1, 0.15) is 4.88 Å². The summed E-state index contributed by atoms with van der Waals surface area (Å²) in [6.07, 6.45) is 0. The fourth-order valence-electron chi connectivity index (χ4n) is 3.61. The summed E-state index contributed by atoms with van der Waals surface area (Å²) in [6, 6.07) is 17.4. The predicted octanol–water partition coefficient (Wildman–Crippen LogP) is 6.26. The maximum absolute atomic E-state index is 13.2. The Morgan fingerprint density at radius 1 is 0.875 bits per heavy atom. The summed E-state index contributed by atoms with van der Waals surface area (Å²) < 4.78 is 2.39. The average Bonchev–Trinajstić information content (AvgIpc) is 3.14. The van der Waals surface area contributed by atoms with Gasteiger partial charge in [-0.05, 0) is 42.5 Å². The highest BCUT2D eigenvalue weighted by Crippen LogP contribution is 2.37. The third kappa shape index (κ3) is 3.26. The minimum absolute atomic E-state index is 0.0712. The SMILES string of the molecule is CN(C(=O)c1sc2cc(C(=O)O)ccc2c1Cl)c1ccc2sc3ccccc3c(=O)c2c1. The second-order valence-corrected chi connectivity index (χ2v) is 9.75. The molecule has 0 fully saturated rings. The molecule has 8 heteroatoms. The Hall–Kier alpha value is -3.26. The average molecular weight is 480 g/mol. The van der Waals surface area contributed by atoms with Crippen LogP contribution in [0.25, 0.3) is 30.3 Å². The van der Waals surface area contributed by atoms with E-state index in [1.165, 1.54) is 28.4 Å². The third-order valence-electron chi connectivity index (χ3n) is 5.32. The van der Waals surface area contributed by atoms with Gasteiger partial charge in [-0.3, -0.25) is 9.59 Å². The molecular formula is C24H14ClNO4S2. The first kappa shape index (κ1) is 20.6. The normalized spacial score (nSPS) is 11.3. The van der Waals surface area contributed by atoms with Gasteiger partial charge in [0.15, 0.2) is 5.43 Å². The van der Waals surface area contributed by atoms with E-state index in [4.69, 9.17) is 11.6 Å². The summed E-state index contributed by atoms with van der Waals surface area (Å²) in [5.41, 5.74) is 0.633. The molecule has 3 aromatic carbocycles. The van der Waals surface area contributed by atoms with E-state index in [0.29, 0.717) is 31.4 Å². The molecule has 0 unspecified atom stereocenters. The van der Waals surface area contributed by atoms with Crippen LogP contribution in [-0.4, -0.2) is 24.0 Å². The molecule has 0 spiro atoms. The Labute approximate surface area is 194 Å². The van der Waals surface area contributed by atoms with Gasteiger partial charge in [0.2, 0.25) is 0 Å². The molecule has 5 nitrogen and oxygen atoms in total. The number of halogens is 1. The van der Waals surface area contributed by atoms with E-state index in [1.54, 1.807) is 31.3 Å². The number of amides is 1. The Morgan fingerprint density at radius 3 is 2.41 bits per heavy atom. The molecule has 1 amide bonds. The monoisotopic (exact) mass is 479 g/mol. The lowest BCUT2D eigenvalue weighted by Crippen LogP contribution is -2.25. The van der Waals surface area contributed by atoms with Crippen LogP contribution in [0.2, 0.25) is 5.02 Å². The molecule has 2 heterocycles. The van der Waals surface area contributed by atoms with Gasteiger partial charge < -0.3 is 10.0 Å². The molecule has 0 aliphatic carbocycles. The fourth-order valence-corrected chi connectivity index (χ4v) is 6.18. The zero-order valence-electron chi connectivity index (χ0n) is 16.6. The number of carboxylic acids is 1. The number of rotatable bonds is 3. The first-order chi connectivity index (χ1) is 15.3. The van der Waals surface area contributed by atoms with E-state index in [9.17, 15) is 19.5 Å². The molecule has 32 heavy (non-hydrogen) atoms. The van der Waals surface area contributed by atoms with Crippen molar-refractivity contribution in [2.45, 2.75) is 0 Å². The number of hydrogen-bond acceptors (Lipinski definition) is 5. The lowest BCUT2D eigenvalue weighted by molar-refractivity contribution is 0.0697. The van der Waals surface area contributed by atoms with Crippen molar-refractivity contribution in [2.24, 2.45) is 0 Å². The van der Waals surface area contributed by atoms with Crippen LogP contribution in [0.1, 0.15) is 20.0 Å². The highest BCUT2D eigenvalue weighted by atomic mass is 35.5. The van der Waals surface area contributed by atoms with E-state index >= 15 is 0 Å². The molecule has 1 N–H and O–H groups in total. The number of aromatic carboxylic acids is 1. The number of thiophene rings is 1. The molecule has 5 aromatic rings. The fraction of sp³-hybridized carbons (Fsp3) is 0.0417. The summed E-state index contributed by atoms with van der Waals surface area (Å²) >= 11 is 9.15. The molecule has 158 valence electrons. The molecule has 5 rings (SSSR count). The van der Waals surface area contributed by atoms with Crippen LogP contribution in [0.3, 0.4) is 0 Å². The lowest BCUT2D eigenvalue weighted by Gasteiger charge is -2.17. The number of carboxylic acid groups (broad SMARTS) is 1. The van der Waals surface area contributed by atoms with Crippen molar-refractivity contribution < 1.29 is 14.7 Å². The molecular weight excluding hydrogens is 466 g/mol. The van der Waals surface area contributed by atoms with Gasteiger partial charge in [-0.1, -0.05) is 29.8 Å². The van der Waals surface area contributed by atoms with E-state index in [1.807, 2.05) is 24.3 Å². The number of hydrogen-bond donors (Lipinski definition) is 1. The summed E-state index contributed by atoms with van der Waals surface area (Å²) in [5.74, 6) is -1.37. The number of nitrogens with zero attached hydrogens (tertiary/aromatic N) is 1. The smallest absolute Gasteiger partial charge is 0.335 e. The van der Waals surface area contributed by atoms with Crippen molar-refractivity contribution >= 4 is 82.1 Å². The summed E-state index contributed by atoms with van der Waals surface area (Å²) in [6.45, 7) is 0. The quantitative estimate of drug-likeness (QED) is 0.310. The van der Waals surface area contributed by atoms with E-state index in [-0.39, 0.29) is 21.9 Å². The molecule has 0 saturated heterocycles. The van der Waals surface area contributed by atoms with Gasteiger partial charge in [0.25, 0.3) is 5.91 Å². The van der Waals surface area contributed by atoms with E-state index in [0.717, 1.165) is 20.7 Å². The second-order valence-electron chi connectivity index (χ2n) is 7.23. The van der Waals surface area contributed by atoms with Crippen molar-refractivity contribution in [3.05, 3.63) is 86.4 Å². The van der Waals surface area contributed by atoms with Crippen LogP contribution in [-0.2, 0) is 0 Å². The van der Waals surface area contributed by atoms with Gasteiger partial charge >= 0.3 is 5.97 Å². The Kier molecular flexibility index (Phi) is 4.97. The Balaban J connectivity index is 1.58. The molecule has 0 atom stereocenters. The third-order valence-corrected chi connectivity index (χ3v) is 8.12. The summed E-state index contributed by atoms with van der Waals surface area (Å²) in [5, 5.41) is 11.3. The minimum atomic E-state index is -1.04. The predicted molar refractivity (Wildman–Crippen MR) is 132 cm³/mol. The van der Waals surface area contributed by atoms with E-state index < -0.39 is 5.97 Å². The van der Waals surface area contributed by atoms with Crippen LogP contribution in [0.5, 0.6) is 0 Å². The van der Waals surface area contributed by atoms with Crippen molar-refractivity contribution in [3.8, 4) is 0 Å². The summed E-state index contributed by atoms with van der Waals surface area (Å²) in [7, 11) is 1.63. The molecule has 2 aromatic heterocycles. The maximum Gasteiger partial charge on any atom is 0.335 e.